The monoisotopic (exact) mass is 272 g/mol. The minimum Gasteiger partial charge on any atom is -0.378 e. The number of carbonyl (C=O) groups is 2. The molecule has 0 aromatic carbocycles. The fourth-order valence-electron chi connectivity index (χ4n) is 2.11. The van der Waals surface area contributed by atoms with Gasteiger partial charge in [-0.15, -0.1) is 0 Å². The number of ether oxygens (including phenoxy) is 1. The number of morpholine rings is 1. The highest BCUT2D eigenvalue weighted by molar-refractivity contribution is 5.81. The number of hydrazine groups is 1. The van der Waals surface area contributed by atoms with Gasteiger partial charge in [0.05, 0.1) is 13.2 Å². The Morgan fingerprint density at radius 1 is 1.42 bits per heavy atom. The average Bonchev–Trinajstić information content (AvgIpc) is 2.44. The molecule has 1 aliphatic rings. The van der Waals surface area contributed by atoms with E-state index < -0.39 is 0 Å². The van der Waals surface area contributed by atoms with Crippen LogP contribution in [0.1, 0.15) is 26.2 Å². The van der Waals surface area contributed by atoms with Gasteiger partial charge in [0.25, 0.3) is 0 Å². The minimum absolute atomic E-state index is 0.0156. The van der Waals surface area contributed by atoms with Crippen LogP contribution in [0.25, 0.3) is 0 Å². The molecular weight excluding hydrogens is 248 g/mol. The summed E-state index contributed by atoms with van der Waals surface area (Å²) in [7, 11) is 0. The molecule has 1 aliphatic heterocycles. The number of unbranched alkanes of at least 4 members (excludes halogenated alkanes) is 1. The summed E-state index contributed by atoms with van der Waals surface area (Å²) in [6, 6.07) is -0.211. The molecule has 4 N–H and O–H groups in total. The van der Waals surface area contributed by atoms with E-state index in [0.29, 0.717) is 26.2 Å². The van der Waals surface area contributed by atoms with Crippen molar-refractivity contribution in [3.8, 4) is 0 Å². The van der Waals surface area contributed by atoms with E-state index in [1.807, 2.05) is 6.92 Å². The van der Waals surface area contributed by atoms with Crippen molar-refractivity contribution < 1.29 is 14.3 Å². The second-order valence-electron chi connectivity index (χ2n) is 4.55. The van der Waals surface area contributed by atoms with Crippen LogP contribution in [0.5, 0.6) is 0 Å². The van der Waals surface area contributed by atoms with Crippen molar-refractivity contribution in [2.24, 2.45) is 5.84 Å². The Balaban J connectivity index is 2.32. The number of amides is 2. The maximum Gasteiger partial charge on any atom is 0.239 e. The highest BCUT2D eigenvalue weighted by Gasteiger charge is 2.28. The van der Waals surface area contributed by atoms with Gasteiger partial charge >= 0.3 is 0 Å². The second-order valence-corrected chi connectivity index (χ2v) is 4.55. The van der Waals surface area contributed by atoms with E-state index in [-0.39, 0.29) is 17.9 Å². The third-order valence-electron chi connectivity index (χ3n) is 3.15. The SMILES string of the molecule is CCNC(=O)C1COCCN1CCCCC(=O)NN. The van der Waals surface area contributed by atoms with Crippen LogP contribution in [0, 0.1) is 0 Å². The molecule has 110 valence electrons. The van der Waals surface area contributed by atoms with Gasteiger partial charge in [-0.25, -0.2) is 5.84 Å². The Bertz CT molecular complexity index is 299. The zero-order valence-electron chi connectivity index (χ0n) is 11.5. The molecule has 0 aliphatic carbocycles. The lowest BCUT2D eigenvalue weighted by Crippen LogP contribution is -2.53. The van der Waals surface area contributed by atoms with Crippen molar-refractivity contribution in [2.75, 3.05) is 32.8 Å². The molecule has 0 saturated carbocycles. The summed E-state index contributed by atoms with van der Waals surface area (Å²) >= 11 is 0. The number of likely N-dealkylation sites (N-methyl/N-ethyl adjacent to an activating group) is 1. The summed E-state index contributed by atoms with van der Waals surface area (Å²) < 4.78 is 5.36. The Kier molecular flexibility index (Phi) is 7.39. The van der Waals surface area contributed by atoms with Crippen molar-refractivity contribution in [1.82, 2.24) is 15.6 Å². The van der Waals surface area contributed by atoms with E-state index in [9.17, 15) is 9.59 Å². The summed E-state index contributed by atoms with van der Waals surface area (Å²) in [6.45, 7) is 5.17. The molecule has 1 atom stereocenters. The first kappa shape index (κ1) is 15.9. The van der Waals surface area contributed by atoms with E-state index in [2.05, 4.69) is 15.6 Å². The molecule has 1 heterocycles. The third-order valence-corrected chi connectivity index (χ3v) is 3.15. The first-order chi connectivity index (χ1) is 9.19. The molecule has 0 radical (unpaired) electrons. The van der Waals surface area contributed by atoms with Crippen LogP contribution in [0.2, 0.25) is 0 Å². The van der Waals surface area contributed by atoms with Crippen molar-refractivity contribution in [3.05, 3.63) is 0 Å². The topological polar surface area (TPSA) is 96.7 Å². The number of nitrogens with two attached hydrogens (primary N) is 1. The van der Waals surface area contributed by atoms with Crippen molar-refractivity contribution >= 4 is 11.8 Å². The Hall–Kier alpha value is -1.18. The van der Waals surface area contributed by atoms with Gasteiger partial charge in [-0.2, -0.15) is 0 Å². The van der Waals surface area contributed by atoms with E-state index >= 15 is 0 Å². The molecule has 2 amide bonds. The zero-order chi connectivity index (χ0) is 14.1. The lowest BCUT2D eigenvalue weighted by molar-refractivity contribution is -0.132. The Morgan fingerprint density at radius 3 is 2.89 bits per heavy atom. The van der Waals surface area contributed by atoms with Crippen LogP contribution in [0.3, 0.4) is 0 Å². The van der Waals surface area contributed by atoms with Gasteiger partial charge in [0.15, 0.2) is 0 Å². The number of rotatable bonds is 7. The van der Waals surface area contributed by atoms with E-state index in [1.54, 1.807) is 0 Å². The van der Waals surface area contributed by atoms with Gasteiger partial charge in [0.2, 0.25) is 11.8 Å². The normalized spacial score (nSPS) is 20.0. The molecule has 0 bridgehead atoms. The second kappa shape index (κ2) is 8.84. The van der Waals surface area contributed by atoms with Gasteiger partial charge in [-0.05, 0) is 26.3 Å². The van der Waals surface area contributed by atoms with Gasteiger partial charge in [0.1, 0.15) is 6.04 Å². The van der Waals surface area contributed by atoms with Gasteiger partial charge in [-0.1, -0.05) is 0 Å². The van der Waals surface area contributed by atoms with Crippen molar-refractivity contribution in [3.63, 3.8) is 0 Å². The minimum atomic E-state index is -0.211. The highest BCUT2D eigenvalue weighted by Crippen LogP contribution is 2.09. The van der Waals surface area contributed by atoms with Crippen LogP contribution < -0.4 is 16.6 Å². The highest BCUT2D eigenvalue weighted by atomic mass is 16.5. The van der Waals surface area contributed by atoms with Crippen LogP contribution in [-0.4, -0.2) is 55.6 Å². The first-order valence-corrected chi connectivity index (χ1v) is 6.78. The van der Waals surface area contributed by atoms with E-state index in [4.69, 9.17) is 10.6 Å². The molecule has 1 rings (SSSR count). The molecule has 19 heavy (non-hydrogen) atoms. The van der Waals surface area contributed by atoms with Crippen LogP contribution in [0.4, 0.5) is 0 Å². The predicted octanol–water partition coefficient (Wildman–Crippen LogP) is -1.02. The molecule has 7 heteroatoms. The largest absolute Gasteiger partial charge is 0.378 e. The fourth-order valence-corrected chi connectivity index (χ4v) is 2.11. The number of hydrogen-bond acceptors (Lipinski definition) is 5. The molecule has 1 unspecified atom stereocenters. The molecule has 0 aromatic heterocycles. The summed E-state index contributed by atoms with van der Waals surface area (Å²) in [6.07, 6.45) is 2.05. The molecule has 7 nitrogen and oxygen atoms in total. The number of nitrogens with zero attached hydrogens (tertiary/aromatic N) is 1. The van der Waals surface area contributed by atoms with Crippen LogP contribution >= 0.6 is 0 Å². The summed E-state index contributed by atoms with van der Waals surface area (Å²) in [5, 5.41) is 2.82. The third kappa shape index (κ3) is 5.54. The van der Waals surface area contributed by atoms with Crippen LogP contribution in [-0.2, 0) is 14.3 Å². The molecular formula is C12H24N4O3. The predicted molar refractivity (Wildman–Crippen MR) is 71.0 cm³/mol. The standard InChI is InChI=1S/C12H24N4O3/c1-2-14-12(18)10-9-19-8-7-16(10)6-4-3-5-11(17)15-13/h10H,2-9,13H2,1H3,(H,14,18)(H,15,17). The lowest BCUT2D eigenvalue weighted by atomic mass is 10.1. The Labute approximate surface area is 113 Å². The number of nitrogens with one attached hydrogen (secondary N) is 2. The van der Waals surface area contributed by atoms with Crippen LogP contribution in [0.15, 0.2) is 0 Å². The summed E-state index contributed by atoms with van der Waals surface area (Å²) in [5.41, 5.74) is 2.11. The Morgan fingerprint density at radius 2 is 2.21 bits per heavy atom. The lowest BCUT2D eigenvalue weighted by Gasteiger charge is -2.34. The van der Waals surface area contributed by atoms with E-state index in [0.717, 1.165) is 25.9 Å². The van der Waals surface area contributed by atoms with Crippen molar-refractivity contribution in [1.29, 1.82) is 0 Å². The van der Waals surface area contributed by atoms with Gasteiger partial charge < -0.3 is 10.1 Å². The molecule has 0 aromatic rings. The molecule has 0 spiro atoms. The summed E-state index contributed by atoms with van der Waals surface area (Å²) in [5.74, 6) is 4.88. The molecule has 1 saturated heterocycles. The first-order valence-electron chi connectivity index (χ1n) is 6.78. The maximum absolute atomic E-state index is 11.9. The van der Waals surface area contributed by atoms with Gasteiger partial charge in [-0.3, -0.25) is 19.9 Å². The zero-order valence-corrected chi connectivity index (χ0v) is 11.5. The van der Waals surface area contributed by atoms with E-state index in [1.165, 1.54) is 0 Å². The quantitative estimate of drug-likeness (QED) is 0.239. The smallest absolute Gasteiger partial charge is 0.239 e. The van der Waals surface area contributed by atoms with Gasteiger partial charge in [0, 0.05) is 19.5 Å². The van der Waals surface area contributed by atoms with Crippen molar-refractivity contribution in [2.45, 2.75) is 32.2 Å². The molecule has 1 fully saturated rings. The number of carbonyl (C=O) groups excluding carboxylic acids is 2. The number of hydrogen-bond donors (Lipinski definition) is 3. The summed E-state index contributed by atoms with van der Waals surface area (Å²) in [4.78, 5) is 25.0. The maximum atomic E-state index is 11.9. The average molecular weight is 272 g/mol. The fraction of sp³-hybridized carbons (Fsp3) is 0.833.